The van der Waals surface area contributed by atoms with Crippen molar-refractivity contribution in [3.8, 4) is 23.0 Å². The molecule has 25 heavy (non-hydrogen) atoms. The van der Waals surface area contributed by atoms with Crippen molar-refractivity contribution in [3.05, 3.63) is 59.2 Å². The largest absolute Gasteiger partial charge is 0.508 e. The van der Waals surface area contributed by atoms with Crippen LogP contribution in [-0.2, 0) is 6.42 Å². The summed E-state index contributed by atoms with van der Waals surface area (Å²) in [7, 11) is 0. The first-order chi connectivity index (χ1) is 12.0. The van der Waals surface area contributed by atoms with E-state index < -0.39 is 6.10 Å². The zero-order valence-corrected chi connectivity index (χ0v) is 13.9. The van der Waals surface area contributed by atoms with Crippen LogP contribution in [0.25, 0.3) is 0 Å². The molecular weight excluding hydrogens is 320 g/mol. The molecule has 2 aliphatic heterocycles. The Morgan fingerprint density at radius 1 is 1.24 bits per heavy atom. The standard InChI is InChI=1S/C20H20O5/c1-10(2)17(23)8-14-16(22)6-5-12-15-9-24-18-7-11(21)3-4-13(18)20(15)25-19(12)14/h3-7,15,17,20-23H,1,8-9H2,2H3/t15-,17-,20+/m1/s1. The average molecular weight is 340 g/mol. The maximum atomic E-state index is 10.3. The van der Waals surface area contributed by atoms with Crippen molar-refractivity contribution in [2.24, 2.45) is 0 Å². The van der Waals surface area contributed by atoms with Crippen LogP contribution < -0.4 is 9.47 Å². The number of aromatic hydroxyl groups is 2. The number of ether oxygens (including phenoxy) is 2. The van der Waals surface area contributed by atoms with Crippen LogP contribution in [0.2, 0.25) is 0 Å². The van der Waals surface area contributed by atoms with Crippen molar-refractivity contribution >= 4 is 0 Å². The van der Waals surface area contributed by atoms with Gasteiger partial charge in [0, 0.05) is 29.2 Å². The summed E-state index contributed by atoms with van der Waals surface area (Å²) in [5.74, 6) is 1.48. The van der Waals surface area contributed by atoms with E-state index in [1.807, 2.05) is 6.07 Å². The number of hydrogen-bond donors (Lipinski definition) is 3. The Labute approximate surface area is 145 Å². The van der Waals surface area contributed by atoms with Gasteiger partial charge in [0.15, 0.2) is 0 Å². The van der Waals surface area contributed by atoms with E-state index in [4.69, 9.17) is 9.47 Å². The Balaban J connectivity index is 1.75. The SMILES string of the molecule is C=C(C)[C@H](O)Cc1c(O)ccc2c1O[C@H]1c3ccc(O)cc3OC[C@H]21. The first-order valence-electron chi connectivity index (χ1n) is 8.26. The second-order valence-electron chi connectivity index (χ2n) is 6.73. The molecule has 2 heterocycles. The lowest BCUT2D eigenvalue weighted by atomic mass is 9.88. The van der Waals surface area contributed by atoms with Gasteiger partial charge in [0.25, 0.3) is 0 Å². The third-order valence-electron chi connectivity index (χ3n) is 4.96. The van der Waals surface area contributed by atoms with Gasteiger partial charge in [-0.15, -0.1) is 0 Å². The summed E-state index contributed by atoms with van der Waals surface area (Å²) in [4.78, 5) is 0. The van der Waals surface area contributed by atoms with Crippen LogP contribution in [0, 0.1) is 0 Å². The van der Waals surface area contributed by atoms with Crippen molar-refractivity contribution in [3.63, 3.8) is 0 Å². The molecule has 5 nitrogen and oxygen atoms in total. The maximum Gasteiger partial charge on any atom is 0.138 e. The molecule has 2 aromatic carbocycles. The third kappa shape index (κ3) is 2.51. The molecule has 0 unspecified atom stereocenters. The average Bonchev–Trinajstić information content (AvgIpc) is 2.95. The smallest absolute Gasteiger partial charge is 0.138 e. The van der Waals surface area contributed by atoms with Gasteiger partial charge in [0.2, 0.25) is 0 Å². The molecule has 5 heteroatoms. The number of phenolic OH excluding ortho intramolecular Hbond substituents is 2. The Bertz CT molecular complexity index is 857. The molecule has 0 radical (unpaired) electrons. The first-order valence-corrected chi connectivity index (χ1v) is 8.26. The Hall–Kier alpha value is -2.66. The molecular formula is C20H20O5. The topological polar surface area (TPSA) is 79.2 Å². The molecule has 4 rings (SSSR count). The van der Waals surface area contributed by atoms with Crippen molar-refractivity contribution in [2.75, 3.05) is 6.61 Å². The summed E-state index contributed by atoms with van der Waals surface area (Å²) in [5, 5.41) is 30.1. The van der Waals surface area contributed by atoms with Gasteiger partial charge in [-0.25, -0.2) is 0 Å². The van der Waals surface area contributed by atoms with Crippen LogP contribution in [0.5, 0.6) is 23.0 Å². The van der Waals surface area contributed by atoms with Gasteiger partial charge in [-0.3, -0.25) is 0 Å². The van der Waals surface area contributed by atoms with Gasteiger partial charge in [-0.2, -0.15) is 0 Å². The molecule has 130 valence electrons. The molecule has 0 aromatic heterocycles. The highest BCUT2D eigenvalue weighted by Gasteiger charge is 2.42. The van der Waals surface area contributed by atoms with Crippen molar-refractivity contribution in [2.45, 2.75) is 31.5 Å². The lowest BCUT2D eigenvalue weighted by molar-refractivity contribution is 0.137. The van der Waals surface area contributed by atoms with Gasteiger partial charge in [-0.05, 0) is 25.1 Å². The predicted molar refractivity (Wildman–Crippen MR) is 92.3 cm³/mol. The lowest BCUT2D eigenvalue weighted by Gasteiger charge is -2.27. The van der Waals surface area contributed by atoms with E-state index >= 15 is 0 Å². The van der Waals surface area contributed by atoms with E-state index in [1.165, 1.54) is 0 Å². The highest BCUT2D eigenvalue weighted by molar-refractivity contribution is 5.57. The molecule has 0 amide bonds. The van der Waals surface area contributed by atoms with Crippen LogP contribution in [-0.4, -0.2) is 28.0 Å². The molecule has 0 saturated heterocycles. The Kier molecular flexibility index (Phi) is 3.62. The van der Waals surface area contributed by atoms with Gasteiger partial charge in [0.1, 0.15) is 29.1 Å². The minimum Gasteiger partial charge on any atom is -0.508 e. The fraction of sp³-hybridized carbons (Fsp3) is 0.300. The Morgan fingerprint density at radius 3 is 2.76 bits per heavy atom. The number of phenols is 2. The summed E-state index contributed by atoms with van der Waals surface area (Å²) in [6.07, 6.45) is -0.737. The molecule has 2 aromatic rings. The van der Waals surface area contributed by atoms with Gasteiger partial charge < -0.3 is 24.8 Å². The lowest BCUT2D eigenvalue weighted by Crippen LogP contribution is -2.23. The number of aliphatic hydroxyl groups excluding tert-OH is 1. The quantitative estimate of drug-likeness (QED) is 0.748. The molecule has 2 aliphatic rings. The van der Waals surface area contributed by atoms with Crippen molar-refractivity contribution in [1.82, 2.24) is 0 Å². The first kappa shape index (κ1) is 15.8. The molecule has 0 fully saturated rings. The van der Waals surface area contributed by atoms with Gasteiger partial charge in [0.05, 0.1) is 18.6 Å². The second-order valence-corrected chi connectivity index (χ2v) is 6.73. The molecule has 0 spiro atoms. The van der Waals surface area contributed by atoms with Crippen LogP contribution in [0.3, 0.4) is 0 Å². The minimum atomic E-state index is -0.746. The number of aliphatic hydroxyl groups is 1. The van der Waals surface area contributed by atoms with E-state index in [0.29, 0.717) is 29.2 Å². The summed E-state index contributed by atoms with van der Waals surface area (Å²) >= 11 is 0. The monoisotopic (exact) mass is 340 g/mol. The third-order valence-corrected chi connectivity index (χ3v) is 4.96. The van der Waals surface area contributed by atoms with Gasteiger partial charge >= 0.3 is 0 Å². The van der Waals surface area contributed by atoms with Crippen molar-refractivity contribution in [1.29, 1.82) is 0 Å². The van der Waals surface area contributed by atoms with E-state index in [1.54, 1.807) is 31.2 Å². The zero-order chi connectivity index (χ0) is 17.7. The van der Waals surface area contributed by atoms with Crippen molar-refractivity contribution < 1.29 is 24.8 Å². The van der Waals surface area contributed by atoms with Crippen LogP contribution >= 0.6 is 0 Å². The second kappa shape index (κ2) is 5.70. The fourth-order valence-electron chi connectivity index (χ4n) is 3.52. The summed E-state index contributed by atoms with van der Waals surface area (Å²) < 4.78 is 12.0. The number of hydrogen-bond acceptors (Lipinski definition) is 5. The van der Waals surface area contributed by atoms with E-state index in [2.05, 4.69) is 6.58 Å². The molecule has 3 atom stereocenters. The van der Waals surface area contributed by atoms with E-state index in [9.17, 15) is 15.3 Å². The number of fused-ring (bicyclic) bond motifs is 5. The zero-order valence-electron chi connectivity index (χ0n) is 13.9. The number of rotatable bonds is 3. The maximum absolute atomic E-state index is 10.3. The summed E-state index contributed by atoms with van der Waals surface area (Å²) in [6, 6.07) is 8.48. The highest BCUT2D eigenvalue weighted by atomic mass is 16.5. The number of benzene rings is 2. The normalized spacial score (nSPS) is 21.4. The molecule has 0 bridgehead atoms. The summed E-state index contributed by atoms with van der Waals surface area (Å²) in [6.45, 7) is 5.95. The molecule has 0 aliphatic carbocycles. The summed E-state index contributed by atoms with van der Waals surface area (Å²) in [5.41, 5.74) is 3.06. The fourth-order valence-corrected chi connectivity index (χ4v) is 3.52. The Morgan fingerprint density at radius 2 is 2.00 bits per heavy atom. The highest BCUT2D eigenvalue weighted by Crippen LogP contribution is 2.53. The van der Waals surface area contributed by atoms with Gasteiger partial charge in [-0.1, -0.05) is 18.2 Å². The minimum absolute atomic E-state index is 0.00774. The van der Waals surface area contributed by atoms with Crippen LogP contribution in [0.15, 0.2) is 42.5 Å². The molecule has 3 N–H and O–H groups in total. The van der Waals surface area contributed by atoms with Crippen LogP contribution in [0.4, 0.5) is 0 Å². The van der Waals surface area contributed by atoms with E-state index in [0.717, 1.165) is 11.1 Å². The van der Waals surface area contributed by atoms with E-state index in [-0.39, 0.29) is 29.9 Å². The molecule has 0 saturated carbocycles. The predicted octanol–water partition coefficient (Wildman–Crippen LogP) is 3.19. The van der Waals surface area contributed by atoms with Crippen LogP contribution in [0.1, 0.15) is 35.6 Å².